The quantitative estimate of drug-likeness (QED) is 0.365. The number of hydrogen-bond acceptors (Lipinski definition) is 5. The van der Waals surface area contributed by atoms with Gasteiger partial charge in [0.2, 0.25) is 0 Å². The fraction of sp³-hybridized carbons (Fsp3) is 0.400. The predicted molar refractivity (Wildman–Crippen MR) is 131 cm³/mol. The SMILES string of the molecule is Cc1cc(C)cc(-c2c(OCCC3NCCCC3C)c3cc([N+](=O)[O-])c(Cl)cc3[nH]c2=O)c1. The number of pyridine rings is 1. The van der Waals surface area contributed by atoms with Crippen LogP contribution in [0.5, 0.6) is 5.75 Å². The third-order valence-electron chi connectivity index (χ3n) is 6.35. The number of nitrogens with one attached hydrogen (secondary N) is 2. The Kier molecular flexibility index (Phi) is 6.72. The van der Waals surface area contributed by atoms with Gasteiger partial charge in [0.15, 0.2) is 0 Å². The number of ether oxygens (including phenoxy) is 1. The minimum atomic E-state index is -0.527. The van der Waals surface area contributed by atoms with Crippen molar-refractivity contribution in [2.24, 2.45) is 5.92 Å². The lowest BCUT2D eigenvalue weighted by atomic mass is 9.91. The molecule has 2 heterocycles. The van der Waals surface area contributed by atoms with E-state index in [-0.39, 0.29) is 16.3 Å². The minimum Gasteiger partial charge on any atom is -0.492 e. The first-order valence-electron chi connectivity index (χ1n) is 11.2. The highest BCUT2D eigenvalue weighted by Gasteiger charge is 2.24. The van der Waals surface area contributed by atoms with Crippen molar-refractivity contribution in [2.45, 2.75) is 46.1 Å². The molecule has 0 aliphatic carbocycles. The molecule has 4 rings (SSSR count). The molecular formula is C25H28ClN3O4. The lowest BCUT2D eigenvalue weighted by Crippen LogP contribution is -2.41. The number of nitro benzene ring substituents is 1. The molecule has 0 bridgehead atoms. The summed E-state index contributed by atoms with van der Waals surface area (Å²) in [5, 5.41) is 15.5. The number of rotatable bonds is 6. The summed E-state index contributed by atoms with van der Waals surface area (Å²) >= 11 is 6.11. The van der Waals surface area contributed by atoms with E-state index >= 15 is 0 Å². The molecule has 8 heteroatoms. The average Bonchev–Trinajstić information content (AvgIpc) is 2.73. The zero-order valence-corrected chi connectivity index (χ0v) is 19.8. The molecule has 1 saturated heterocycles. The first-order chi connectivity index (χ1) is 15.7. The van der Waals surface area contributed by atoms with Gasteiger partial charge >= 0.3 is 0 Å². The highest BCUT2D eigenvalue weighted by molar-refractivity contribution is 6.33. The van der Waals surface area contributed by atoms with Crippen LogP contribution in [0.2, 0.25) is 5.02 Å². The van der Waals surface area contributed by atoms with E-state index in [0.29, 0.717) is 46.3 Å². The Hall–Kier alpha value is -2.90. The normalized spacial score (nSPS) is 18.4. The van der Waals surface area contributed by atoms with Crippen molar-refractivity contribution in [3.63, 3.8) is 0 Å². The van der Waals surface area contributed by atoms with Gasteiger partial charge in [-0.05, 0) is 57.2 Å². The average molecular weight is 470 g/mol. The van der Waals surface area contributed by atoms with Gasteiger partial charge in [0.1, 0.15) is 10.8 Å². The molecule has 33 heavy (non-hydrogen) atoms. The van der Waals surface area contributed by atoms with Crippen molar-refractivity contribution < 1.29 is 9.66 Å². The van der Waals surface area contributed by atoms with Crippen LogP contribution in [0.4, 0.5) is 5.69 Å². The molecule has 0 spiro atoms. The van der Waals surface area contributed by atoms with Gasteiger partial charge in [-0.15, -0.1) is 0 Å². The van der Waals surface area contributed by atoms with Crippen molar-refractivity contribution >= 4 is 28.2 Å². The third kappa shape index (κ3) is 4.89. The molecule has 0 radical (unpaired) electrons. The minimum absolute atomic E-state index is 0.0338. The number of nitro groups is 1. The first-order valence-corrected chi connectivity index (χ1v) is 11.6. The van der Waals surface area contributed by atoms with Crippen LogP contribution in [0.25, 0.3) is 22.0 Å². The lowest BCUT2D eigenvalue weighted by molar-refractivity contribution is -0.384. The summed E-state index contributed by atoms with van der Waals surface area (Å²) in [5.41, 5.74) is 2.97. The van der Waals surface area contributed by atoms with Crippen molar-refractivity contribution in [3.05, 3.63) is 66.9 Å². The van der Waals surface area contributed by atoms with Crippen LogP contribution >= 0.6 is 11.6 Å². The van der Waals surface area contributed by atoms with Gasteiger partial charge in [-0.25, -0.2) is 0 Å². The highest BCUT2D eigenvalue weighted by atomic mass is 35.5. The second-order valence-electron chi connectivity index (χ2n) is 8.96. The number of fused-ring (bicyclic) bond motifs is 1. The van der Waals surface area contributed by atoms with Crippen LogP contribution in [0.15, 0.2) is 35.1 Å². The molecule has 2 aromatic carbocycles. The van der Waals surface area contributed by atoms with Gasteiger partial charge in [0.05, 0.1) is 22.6 Å². The van der Waals surface area contributed by atoms with Crippen LogP contribution in [0, 0.1) is 29.9 Å². The van der Waals surface area contributed by atoms with E-state index in [2.05, 4.69) is 17.2 Å². The van der Waals surface area contributed by atoms with Crippen molar-refractivity contribution in [2.75, 3.05) is 13.2 Å². The Labute approximate surface area is 197 Å². The van der Waals surface area contributed by atoms with Crippen LogP contribution in [-0.4, -0.2) is 29.1 Å². The molecule has 2 unspecified atom stereocenters. The monoisotopic (exact) mass is 469 g/mol. The molecule has 3 aromatic rings. The molecule has 2 atom stereocenters. The lowest BCUT2D eigenvalue weighted by Gasteiger charge is -2.30. The molecule has 7 nitrogen and oxygen atoms in total. The van der Waals surface area contributed by atoms with Crippen molar-refractivity contribution in [1.82, 2.24) is 10.3 Å². The third-order valence-corrected chi connectivity index (χ3v) is 6.65. The summed E-state index contributed by atoms with van der Waals surface area (Å²) in [7, 11) is 0. The molecule has 0 amide bonds. The van der Waals surface area contributed by atoms with Gasteiger partial charge in [0.25, 0.3) is 11.2 Å². The Morgan fingerprint density at radius 2 is 1.91 bits per heavy atom. The number of aromatic amines is 1. The maximum absolute atomic E-state index is 13.2. The number of H-pyrrole nitrogens is 1. The highest BCUT2D eigenvalue weighted by Crippen LogP contribution is 2.38. The number of aromatic nitrogens is 1. The predicted octanol–water partition coefficient (Wildman–Crippen LogP) is 5.53. The largest absolute Gasteiger partial charge is 0.492 e. The Morgan fingerprint density at radius 3 is 2.58 bits per heavy atom. The summed E-state index contributed by atoms with van der Waals surface area (Å²) < 4.78 is 6.27. The molecule has 174 valence electrons. The summed E-state index contributed by atoms with van der Waals surface area (Å²) in [6.07, 6.45) is 3.11. The molecule has 1 aliphatic rings. The van der Waals surface area contributed by atoms with Gasteiger partial charge in [-0.3, -0.25) is 14.9 Å². The first kappa shape index (κ1) is 23.3. The summed E-state index contributed by atoms with van der Waals surface area (Å²) in [6, 6.07) is 9.01. The smallest absolute Gasteiger partial charge is 0.288 e. The summed E-state index contributed by atoms with van der Waals surface area (Å²) in [5.74, 6) is 0.888. The van der Waals surface area contributed by atoms with Crippen LogP contribution in [-0.2, 0) is 0 Å². The van der Waals surface area contributed by atoms with E-state index in [0.717, 1.165) is 24.1 Å². The molecular weight excluding hydrogens is 442 g/mol. The fourth-order valence-electron chi connectivity index (χ4n) is 4.74. The fourth-order valence-corrected chi connectivity index (χ4v) is 4.97. The zero-order chi connectivity index (χ0) is 23.7. The Balaban J connectivity index is 1.84. The van der Waals surface area contributed by atoms with E-state index in [1.807, 2.05) is 32.0 Å². The molecule has 2 N–H and O–H groups in total. The Bertz CT molecular complexity index is 1250. The van der Waals surface area contributed by atoms with E-state index < -0.39 is 4.92 Å². The second kappa shape index (κ2) is 9.53. The molecule has 1 aliphatic heterocycles. The standard InChI is InChI=1S/C25H28ClN3O4/c1-14-9-15(2)11-17(10-14)23-24(33-8-6-20-16(3)5-4-7-27-20)18-12-22(29(31)32)19(26)13-21(18)28-25(23)30/h9-13,16,20,27H,4-8H2,1-3H3,(H,28,30). The number of halogens is 1. The van der Waals surface area contributed by atoms with Gasteiger partial charge < -0.3 is 15.0 Å². The second-order valence-corrected chi connectivity index (χ2v) is 9.37. The van der Waals surface area contributed by atoms with E-state index in [1.54, 1.807) is 0 Å². The van der Waals surface area contributed by atoms with Gasteiger partial charge in [0, 0.05) is 17.5 Å². The zero-order valence-electron chi connectivity index (χ0n) is 19.0. The van der Waals surface area contributed by atoms with Gasteiger partial charge in [-0.2, -0.15) is 0 Å². The van der Waals surface area contributed by atoms with Crippen LogP contribution in [0.3, 0.4) is 0 Å². The number of aryl methyl sites for hydroxylation is 2. The number of hydrogen-bond donors (Lipinski definition) is 2. The van der Waals surface area contributed by atoms with Gasteiger partial charge in [-0.1, -0.05) is 47.9 Å². The number of piperidine rings is 1. The summed E-state index contributed by atoms with van der Waals surface area (Å²) in [6.45, 7) is 7.53. The molecule has 0 saturated carbocycles. The van der Waals surface area contributed by atoms with E-state index in [4.69, 9.17) is 16.3 Å². The molecule has 1 aromatic heterocycles. The maximum atomic E-state index is 13.2. The number of nitrogens with zero attached hydrogens (tertiary/aromatic N) is 1. The molecule has 1 fully saturated rings. The summed E-state index contributed by atoms with van der Waals surface area (Å²) in [4.78, 5) is 27.1. The Morgan fingerprint density at radius 1 is 1.18 bits per heavy atom. The number of benzene rings is 2. The van der Waals surface area contributed by atoms with E-state index in [1.165, 1.54) is 25.0 Å². The van der Waals surface area contributed by atoms with E-state index in [9.17, 15) is 14.9 Å². The van der Waals surface area contributed by atoms with Crippen molar-refractivity contribution in [3.8, 4) is 16.9 Å². The van der Waals surface area contributed by atoms with Crippen LogP contribution in [0.1, 0.15) is 37.3 Å². The maximum Gasteiger partial charge on any atom is 0.288 e. The van der Waals surface area contributed by atoms with Crippen molar-refractivity contribution in [1.29, 1.82) is 0 Å². The van der Waals surface area contributed by atoms with Crippen LogP contribution < -0.4 is 15.6 Å². The topological polar surface area (TPSA) is 97.3 Å².